The molecule has 1 saturated heterocycles. The maximum atomic E-state index is 13.1. The number of ketones is 1. The first-order valence-electron chi connectivity index (χ1n) is 7.86. The van der Waals surface area contributed by atoms with E-state index in [0.717, 1.165) is 0 Å². The molecule has 1 aliphatic rings. The van der Waals surface area contributed by atoms with Gasteiger partial charge in [0.1, 0.15) is 0 Å². The first kappa shape index (κ1) is 19.1. The van der Waals surface area contributed by atoms with Gasteiger partial charge in [0.25, 0.3) is 0 Å². The van der Waals surface area contributed by atoms with Gasteiger partial charge in [0.15, 0.2) is 15.6 Å². The van der Waals surface area contributed by atoms with Crippen molar-refractivity contribution in [2.75, 3.05) is 18.1 Å². The molecule has 0 radical (unpaired) electrons. The Labute approximate surface area is 143 Å². The van der Waals surface area contributed by atoms with Crippen LogP contribution in [0, 0.1) is 5.92 Å². The fraction of sp³-hybridized carbons (Fsp3) is 0.562. The van der Waals surface area contributed by atoms with Crippen LogP contribution >= 0.6 is 0 Å². The second kappa shape index (κ2) is 6.93. The molecule has 0 aromatic heterocycles. The molecule has 0 saturated carbocycles. The van der Waals surface area contributed by atoms with Crippen LogP contribution < -0.4 is 0 Å². The third kappa shape index (κ3) is 4.23. The van der Waals surface area contributed by atoms with Crippen LogP contribution in [0.1, 0.15) is 37.6 Å². The predicted octanol–water partition coefficient (Wildman–Crippen LogP) is 1.72. The number of carbonyl (C=O) groups excluding carboxylic acids is 1. The van der Waals surface area contributed by atoms with Crippen molar-refractivity contribution in [2.24, 2.45) is 5.92 Å². The Hall–Kier alpha value is -1.25. The van der Waals surface area contributed by atoms with Crippen LogP contribution in [0.2, 0.25) is 0 Å². The summed E-state index contributed by atoms with van der Waals surface area (Å²) in [4.78, 5) is 11.6. The molecule has 24 heavy (non-hydrogen) atoms. The van der Waals surface area contributed by atoms with Gasteiger partial charge in [-0.3, -0.25) is 4.79 Å². The van der Waals surface area contributed by atoms with Crippen molar-refractivity contribution in [3.8, 4) is 0 Å². The van der Waals surface area contributed by atoms with Crippen LogP contribution in [0.4, 0.5) is 0 Å². The van der Waals surface area contributed by atoms with E-state index in [-0.39, 0.29) is 34.6 Å². The van der Waals surface area contributed by atoms with E-state index in [4.69, 9.17) is 0 Å². The van der Waals surface area contributed by atoms with Gasteiger partial charge in [0.2, 0.25) is 10.0 Å². The molecule has 0 aliphatic carbocycles. The summed E-state index contributed by atoms with van der Waals surface area (Å²) in [5, 5.41) is 0. The van der Waals surface area contributed by atoms with E-state index in [1.54, 1.807) is 6.07 Å². The molecule has 1 aromatic rings. The zero-order valence-corrected chi connectivity index (χ0v) is 15.7. The fourth-order valence-electron chi connectivity index (χ4n) is 2.82. The average molecular weight is 373 g/mol. The molecule has 2 rings (SSSR count). The number of rotatable bonds is 6. The normalized spacial score (nSPS) is 20.6. The highest BCUT2D eigenvalue weighted by Crippen LogP contribution is 2.26. The van der Waals surface area contributed by atoms with E-state index in [1.807, 2.05) is 13.8 Å². The number of Topliss-reactive ketones (excluding diaryl/α,β-unsaturated/α-hetero) is 1. The van der Waals surface area contributed by atoms with Gasteiger partial charge in [-0.1, -0.05) is 26.0 Å². The van der Waals surface area contributed by atoms with Crippen molar-refractivity contribution in [3.05, 3.63) is 29.8 Å². The van der Waals surface area contributed by atoms with E-state index >= 15 is 0 Å². The SMILES string of the molecule is CC(=O)c1cccc(S(=O)(=O)N(CC(C)C)[C@H]2CCS(=O)(=O)C2)c1. The van der Waals surface area contributed by atoms with Gasteiger partial charge in [-0.2, -0.15) is 4.31 Å². The van der Waals surface area contributed by atoms with E-state index in [2.05, 4.69) is 0 Å². The van der Waals surface area contributed by atoms with Crippen LogP contribution in [0.5, 0.6) is 0 Å². The van der Waals surface area contributed by atoms with Crippen molar-refractivity contribution in [3.63, 3.8) is 0 Å². The summed E-state index contributed by atoms with van der Waals surface area (Å²) < 4.78 is 51.0. The quantitative estimate of drug-likeness (QED) is 0.709. The summed E-state index contributed by atoms with van der Waals surface area (Å²) >= 11 is 0. The molecular weight excluding hydrogens is 350 g/mol. The molecule has 1 aromatic carbocycles. The molecule has 0 spiro atoms. The fourth-order valence-corrected chi connectivity index (χ4v) is 6.51. The Balaban J connectivity index is 2.44. The highest BCUT2D eigenvalue weighted by Gasteiger charge is 2.39. The monoisotopic (exact) mass is 373 g/mol. The van der Waals surface area contributed by atoms with Crippen molar-refractivity contribution >= 4 is 25.6 Å². The van der Waals surface area contributed by atoms with Gasteiger partial charge in [-0.25, -0.2) is 16.8 Å². The van der Waals surface area contributed by atoms with Gasteiger partial charge in [-0.15, -0.1) is 0 Å². The first-order chi connectivity index (χ1) is 11.0. The highest BCUT2D eigenvalue weighted by molar-refractivity contribution is 7.92. The third-order valence-corrected chi connectivity index (χ3v) is 7.67. The topological polar surface area (TPSA) is 88.6 Å². The molecule has 0 N–H and O–H groups in total. The number of sulfonamides is 1. The number of benzene rings is 1. The van der Waals surface area contributed by atoms with Crippen LogP contribution in [-0.2, 0) is 19.9 Å². The molecule has 1 fully saturated rings. The smallest absolute Gasteiger partial charge is 0.243 e. The van der Waals surface area contributed by atoms with E-state index in [1.165, 1.54) is 29.4 Å². The zero-order valence-electron chi connectivity index (χ0n) is 14.1. The van der Waals surface area contributed by atoms with Gasteiger partial charge in [-0.05, 0) is 31.4 Å². The van der Waals surface area contributed by atoms with Gasteiger partial charge >= 0.3 is 0 Å². The Bertz CT molecular complexity index is 828. The lowest BCUT2D eigenvalue weighted by Gasteiger charge is -2.29. The van der Waals surface area contributed by atoms with Crippen molar-refractivity contribution in [1.29, 1.82) is 0 Å². The Morgan fingerprint density at radius 2 is 2.00 bits per heavy atom. The number of carbonyl (C=O) groups is 1. The minimum atomic E-state index is -3.87. The Morgan fingerprint density at radius 1 is 1.33 bits per heavy atom. The third-order valence-electron chi connectivity index (χ3n) is 4.01. The largest absolute Gasteiger partial charge is 0.295 e. The molecule has 1 heterocycles. The maximum Gasteiger partial charge on any atom is 0.243 e. The Morgan fingerprint density at radius 3 is 2.50 bits per heavy atom. The van der Waals surface area contributed by atoms with Gasteiger partial charge < -0.3 is 0 Å². The molecule has 1 aliphatic heterocycles. The standard InChI is InChI=1S/C16H23NO5S2/c1-12(2)10-17(15-7-8-23(19,20)11-15)24(21,22)16-6-4-5-14(9-16)13(3)18/h4-6,9,12,15H,7-8,10-11H2,1-3H3/t15-/m0/s1. The number of nitrogens with zero attached hydrogens (tertiary/aromatic N) is 1. The number of hydrogen-bond donors (Lipinski definition) is 0. The maximum absolute atomic E-state index is 13.1. The number of hydrogen-bond acceptors (Lipinski definition) is 5. The molecule has 6 nitrogen and oxygen atoms in total. The summed E-state index contributed by atoms with van der Waals surface area (Å²) in [5.74, 6) is -0.300. The summed E-state index contributed by atoms with van der Waals surface area (Å²) in [5.41, 5.74) is 0.319. The lowest BCUT2D eigenvalue weighted by atomic mass is 10.2. The lowest BCUT2D eigenvalue weighted by molar-refractivity contribution is 0.101. The minimum absolute atomic E-state index is 0.00919. The molecule has 0 unspecified atom stereocenters. The van der Waals surface area contributed by atoms with Crippen LogP contribution in [0.3, 0.4) is 0 Å². The van der Waals surface area contributed by atoms with Crippen molar-refractivity contribution < 1.29 is 21.6 Å². The van der Waals surface area contributed by atoms with Gasteiger partial charge in [0.05, 0.1) is 16.4 Å². The Kier molecular flexibility index (Phi) is 5.51. The lowest BCUT2D eigenvalue weighted by Crippen LogP contribution is -2.43. The highest BCUT2D eigenvalue weighted by atomic mass is 32.2. The summed E-state index contributed by atoms with van der Waals surface area (Å²) in [6.07, 6.45) is 0.306. The van der Waals surface area contributed by atoms with Crippen LogP contribution in [-0.4, -0.2) is 51.0 Å². The molecule has 0 amide bonds. The van der Waals surface area contributed by atoms with E-state index in [0.29, 0.717) is 12.0 Å². The molecule has 8 heteroatoms. The minimum Gasteiger partial charge on any atom is -0.295 e. The second-order valence-corrected chi connectivity index (χ2v) is 10.7. The molecule has 134 valence electrons. The molecule has 0 bridgehead atoms. The van der Waals surface area contributed by atoms with Crippen LogP contribution in [0.25, 0.3) is 0 Å². The second-order valence-electron chi connectivity index (χ2n) is 6.61. The summed E-state index contributed by atoms with van der Waals surface area (Å²) in [7, 11) is -7.07. The average Bonchev–Trinajstić information content (AvgIpc) is 2.84. The van der Waals surface area contributed by atoms with E-state index in [9.17, 15) is 21.6 Å². The zero-order chi connectivity index (χ0) is 18.1. The summed E-state index contributed by atoms with van der Waals surface area (Å²) in [6.45, 7) is 5.39. The summed E-state index contributed by atoms with van der Waals surface area (Å²) in [6, 6.07) is 5.34. The molecule has 1 atom stereocenters. The first-order valence-corrected chi connectivity index (χ1v) is 11.1. The van der Waals surface area contributed by atoms with Crippen LogP contribution in [0.15, 0.2) is 29.2 Å². The van der Waals surface area contributed by atoms with Gasteiger partial charge in [0, 0.05) is 18.2 Å². The number of sulfone groups is 1. The van der Waals surface area contributed by atoms with E-state index < -0.39 is 25.9 Å². The predicted molar refractivity (Wildman–Crippen MR) is 92.2 cm³/mol. The van der Waals surface area contributed by atoms with Crippen molar-refractivity contribution in [2.45, 2.75) is 38.1 Å². The molecular formula is C16H23NO5S2. The van der Waals surface area contributed by atoms with Crippen molar-refractivity contribution in [1.82, 2.24) is 4.31 Å².